The summed E-state index contributed by atoms with van der Waals surface area (Å²) >= 11 is 0. The van der Waals surface area contributed by atoms with E-state index in [1.54, 1.807) is 0 Å². The molecular weight excluding hydrogens is 801 g/mol. The molecule has 0 saturated heterocycles. The predicted molar refractivity (Wildman–Crippen MR) is 271 cm³/mol. The van der Waals surface area contributed by atoms with Gasteiger partial charge in [-0.05, 0) is 86.9 Å². The van der Waals surface area contributed by atoms with E-state index >= 15 is 0 Å². The molecule has 322 valence electrons. The highest BCUT2D eigenvalue weighted by Crippen LogP contribution is 2.66. The van der Waals surface area contributed by atoms with Gasteiger partial charge in [0, 0.05) is 39.9 Å². The van der Waals surface area contributed by atoms with Crippen LogP contribution in [0.15, 0.2) is 223 Å². The summed E-state index contributed by atoms with van der Waals surface area (Å²) in [4.78, 5) is 10.9. The highest BCUT2D eigenvalue weighted by Gasteiger charge is 2.59. The number of ether oxygens (including phenoxy) is 1. The highest BCUT2D eigenvalue weighted by atomic mass is 16.5. The van der Waals surface area contributed by atoms with Crippen molar-refractivity contribution in [3.05, 3.63) is 251 Å². The second-order valence-corrected chi connectivity index (χ2v) is 19.8. The number of aromatic nitrogens is 2. The molecular formula is C63H54N2O. The summed E-state index contributed by atoms with van der Waals surface area (Å²) in [6.45, 7) is 9.47. The Balaban J connectivity index is 0.981. The van der Waals surface area contributed by atoms with Gasteiger partial charge >= 0.3 is 0 Å². The number of hydrogen-bond acceptors (Lipinski definition) is 3. The van der Waals surface area contributed by atoms with Crippen molar-refractivity contribution >= 4 is 11.1 Å². The first-order valence-corrected chi connectivity index (χ1v) is 23.8. The van der Waals surface area contributed by atoms with Crippen LogP contribution in [-0.4, -0.2) is 9.97 Å². The summed E-state index contributed by atoms with van der Waals surface area (Å²) in [5, 5.41) is 0. The number of benzene rings is 5. The average Bonchev–Trinajstić information content (AvgIpc) is 3.65. The molecule has 0 bridgehead atoms. The van der Waals surface area contributed by atoms with Crippen molar-refractivity contribution in [3.63, 3.8) is 0 Å². The lowest BCUT2D eigenvalue weighted by Gasteiger charge is -2.51. The van der Waals surface area contributed by atoms with E-state index in [1.807, 2.05) is 0 Å². The predicted octanol–water partition coefficient (Wildman–Crippen LogP) is 15.3. The maximum absolute atomic E-state index is 7.26. The van der Waals surface area contributed by atoms with Gasteiger partial charge in [-0.3, -0.25) is 0 Å². The monoisotopic (exact) mass is 854 g/mol. The zero-order valence-electron chi connectivity index (χ0n) is 38.2. The largest absolute Gasteiger partial charge is 0.465 e. The Labute approximate surface area is 389 Å². The Kier molecular flexibility index (Phi) is 9.50. The van der Waals surface area contributed by atoms with Gasteiger partial charge in [-0.1, -0.05) is 216 Å². The maximum atomic E-state index is 7.26. The second-order valence-electron chi connectivity index (χ2n) is 19.8. The first-order valence-electron chi connectivity index (χ1n) is 23.8. The quantitative estimate of drug-likeness (QED) is 0.167. The third kappa shape index (κ3) is 6.31. The molecule has 6 aliphatic rings. The number of rotatable bonds is 6. The van der Waals surface area contributed by atoms with Crippen LogP contribution in [0.25, 0.3) is 44.9 Å². The lowest BCUT2D eigenvalue weighted by atomic mass is 9.55. The molecule has 66 heavy (non-hydrogen) atoms. The lowest BCUT2D eigenvalue weighted by molar-refractivity contribution is 0.144. The van der Waals surface area contributed by atoms with E-state index in [4.69, 9.17) is 14.7 Å². The van der Waals surface area contributed by atoms with E-state index in [2.05, 4.69) is 228 Å². The van der Waals surface area contributed by atoms with Gasteiger partial charge in [0.1, 0.15) is 11.5 Å². The van der Waals surface area contributed by atoms with Crippen molar-refractivity contribution in [2.75, 3.05) is 0 Å². The van der Waals surface area contributed by atoms with Gasteiger partial charge < -0.3 is 4.74 Å². The number of hydrogen-bond donors (Lipinski definition) is 0. The smallest absolute Gasteiger partial charge is 0.160 e. The van der Waals surface area contributed by atoms with Crippen LogP contribution in [0.5, 0.6) is 0 Å². The first-order chi connectivity index (χ1) is 32.2. The van der Waals surface area contributed by atoms with Gasteiger partial charge in [-0.15, -0.1) is 0 Å². The summed E-state index contributed by atoms with van der Waals surface area (Å²) in [6.07, 6.45) is 26.2. The molecule has 5 aliphatic carbocycles. The molecule has 6 aromatic rings. The van der Waals surface area contributed by atoms with E-state index in [0.29, 0.717) is 11.8 Å². The Morgan fingerprint density at radius 2 is 1.29 bits per heavy atom. The summed E-state index contributed by atoms with van der Waals surface area (Å²) in [5.74, 6) is 3.77. The van der Waals surface area contributed by atoms with Gasteiger partial charge in [-0.25, -0.2) is 9.97 Å². The van der Waals surface area contributed by atoms with E-state index < -0.39 is 5.41 Å². The van der Waals surface area contributed by atoms with Crippen molar-refractivity contribution < 1.29 is 4.74 Å². The van der Waals surface area contributed by atoms with Gasteiger partial charge in [0.05, 0.1) is 16.8 Å². The molecule has 1 spiro atoms. The first kappa shape index (κ1) is 40.4. The summed E-state index contributed by atoms with van der Waals surface area (Å²) in [5.41, 5.74) is 16.1. The Bertz CT molecular complexity index is 3190. The fourth-order valence-electron chi connectivity index (χ4n) is 12.2. The molecule has 0 N–H and O–H groups in total. The minimum atomic E-state index is -0.393. The molecule has 3 nitrogen and oxygen atoms in total. The molecule has 6 atom stereocenters. The molecule has 0 radical (unpaired) electrons. The summed E-state index contributed by atoms with van der Waals surface area (Å²) < 4.78 is 7.26. The van der Waals surface area contributed by atoms with Crippen LogP contribution in [0, 0.1) is 17.8 Å². The molecule has 0 amide bonds. The second kappa shape index (κ2) is 15.5. The zero-order chi connectivity index (χ0) is 44.6. The van der Waals surface area contributed by atoms with Crippen molar-refractivity contribution in [2.45, 2.75) is 63.2 Å². The third-order valence-corrected chi connectivity index (χ3v) is 15.6. The van der Waals surface area contributed by atoms with E-state index in [-0.39, 0.29) is 16.7 Å². The van der Waals surface area contributed by atoms with Gasteiger partial charge in [0.2, 0.25) is 0 Å². The van der Waals surface area contributed by atoms with Crippen LogP contribution < -0.4 is 0 Å². The standard InChI is InChI=1S/C63H54N2O/c1-41-17-15-27-53-58(41)49-24-12-14-26-51(49)63(53)52-35-38-62(4,40-56(52)66-55-28-16-18-42(2)59(55)63)50-25-13-11-23-48(50)54-39-57(61(3)36-33-46(34-37-61)44-21-9-6-10-22-44)65-60(64-54)47-31-29-45(30-32-47)43-19-7-5-8-20-43/h5-16,18-36,38-39,41-42,59H,17,37,40H2,1-4H3. The SMILES string of the molecule is CC1CC=CC2=C1c1ccccc1C21C2=C(CC(C)(c3ccccc3-c3cc(C4(C)C=CC(c5ccccc5)=CC4)nc(-c4ccc(-c5ccccc5)cc4)n3)C=C2)OC2=CC=CC(C)C21. The van der Waals surface area contributed by atoms with E-state index in [9.17, 15) is 0 Å². The molecule has 0 fully saturated rings. The summed E-state index contributed by atoms with van der Waals surface area (Å²) in [7, 11) is 0. The highest BCUT2D eigenvalue weighted by molar-refractivity contribution is 5.88. The normalized spacial score (nSPS) is 26.9. The minimum Gasteiger partial charge on any atom is -0.465 e. The molecule has 3 heteroatoms. The fourth-order valence-corrected chi connectivity index (χ4v) is 12.2. The topological polar surface area (TPSA) is 35.0 Å². The Morgan fingerprint density at radius 3 is 2.05 bits per heavy atom. The van der Waals surface area contributed by atoms with Gasteiger partial charge in [0.25, 0.3) is 0 Å². The van der Waals surface area contributed by atoms with Gasteiger partial charge in [-0.2, -0.15) is 0 Å². The van der Waals surface area contributed by atoms with Crippen LogP contribution in [0.3, 0.4) is 0 Å². The van der Waals surface area contributed by atoms with Crippen molar-refractivity contribution in [1.29, 1.82) is 0 Å². The average molecular weight is 855 g/mol. The number of allylic oxidation sites excluding steroid dienone is 16. The Morgan fingerprint density at radius 1 is 0.621 bits per heavy atom. The molecule has 0 saturated carbocycles. The zero-order valence-corrected chi connectivity index (χ0v) is 38.2. The lowest BCUT2D eigenvalue weighted by Crippen LogP contribution is -2.47. The van der Waals surface area contributed by atoms with E-state index in [1.165, 1.54) is 55.7 Å². The van der Waals surface area contributed by atoms with Crippen LogP contribution in [0.4, 0.5) is 0 Å². The number of fused-ring (bicyclic) bond motifs is 7. The molecule has 2 heterocycles. The maximum Gasteiger partial charge on any atom is 0.160 e. The third-order valence-electron chi connectivity index (χ3n) is 15.6. The molecule has 5 aromatic carbocycles. The van der Waals surface area contributed by atoms with E-state index in [0.717, 1.165) is 59.1 Å². The molecule has 6 unspecified atom stereocenters. The van der Waals surface area contributed by atoms with Crippen LogP contribution in [0.2, 0.25) is 0 Å². The molecule has 1 aromatic heterocycles. The Hall–Kier alpha value is -7.10. The molecule has 1 aliphatic heterocycles. The van der Waals surface area contributed by atoms with Gasteiger partial charge in [0.15, 0.2) is 5.82 Å². The van der Waals surface area contributed by atoms with Crippen LogP contribution in [-0.2, 0) is 21.0 Å². The summed E-state index contributed by atoms with van der Waals surface area (Å²) in [6, 6.07) is 50.3. The van der Waals surface area contributed by atoms with Crippen molar-refractivity contribution in [2.24, 2.45) is 17.8 Å². The van der Waals surface area contributed by atoms with Crippen LogP contribution >= 0.6 is 0 Å². The van der Waals surface area contributed by atoms with Crippen molar-refractivity contribution in [3.8, 4) is 33.8 Å². The minimum absolute atomic E-state index is 0.152. The molecule has 12 rings (SSSR count). The fraction of sp³-hybridized carbons (Fsp3) is 0.206. The number of nitrogens with zero attached hydrogens (tertiary/aromatic N) is 2. The van der Waals surface area contributed by atoms with Crippen LogP contribution in [0.1, 0.15) is 74.9 Å². The van der Waals surface area contributed by atoms with Crippen molar-refractivity contribution in [1.82, 2.24) is 9.97 Å².